The van der Waals surface area contributed by atoms with Gasteiger partial charge in [-0.2, -0.15) is 9.78 Å². The van der Waals surface area contributed by atoms with Crippen LogP contribution in [0, 0.1) is 6.92 Å². The van der Waals surface area contributed by atoms with E-state index in [4.69, 9.17) is 0 Å². The molecule has 3 rings (SSSR count). The molecule has 0 aliphatic carbocycles. The van der Waals surface area contributed by atoms with Crippen LogP contribution in [-0.2, 0) is 0 Å². The molecule has 0 aliphatic rings. The van der Waals surface area contributed by atoms with Crippen LogP contribution < -0.4 is 5.32 Å². The fourth-order valence-electron chi connectivity index (χ4n) is 2.00. The lowest BCUT2D eigenvalue weighted by Gasteiger charge is -2.08. The van der Waals surface area contributed by atoms with Crippen LogP contribution >= 0.6 is 0 Å². The van der Waals surface area contributed by atoms with Crippen LogP contribution in [0.4, 0.5) is 10.5 Å². The fraction of sp³-hybridized carbons (Fsp3) is 0.0667. The number of aromatic nitrogens is 4. The van der Waals surface area contributed by atoms with Crippen LogP contribution in [0.5, 0.6) is 0 Å². The highest BCUT2D eigenvalue weighted by atomic mass is 16.2. The maximum Gasteiger partial charge on any atom is 0.347 e. The van der Waals surface area contributed by atoms with Crippen molar-refractivity contribution in [1.29, 1.82) is 0 Å². The van der Waals surface area contributed by atoms with Crippen LogP contribution in [0.1, 0.15) is 5.69 Å². The molecule has 2 heterocycles. The molecule has 104 valence electrons. The topological polar surface area (TPSA) is 72.7 Å². The van der Waals surface area contributed by atoms with E-state index < -0.39 is 0 Å². The van der Waals surface area contributed by atoms with E-state index in [2.05, 4.69) is 20.4 Å². The monoisotopic (exact) mass is 279 g/mol. The van der Waals surface area contributed by atoms with Crippen molar-refractivity contribution in [2.24, 2.45) is 0 Å². The van der Waals surface area contributed by atoms with Crippen molar-refractivity contribution in [2.75, 3.05) is 5.32 Å². The molecule has 0 aliphatic heterocycles. The SMILES string of the molecule is Cc1nccnc1-c1ccnn1C(=O)Nc1ccccc1. The Hall–Kier alpha value is -3.02. The minimum absolute atomic E-state index is 0.341. The summed E-state index contributed by atoms with van der Waals surface area (Å²) in [6.45, 7) is 1.84. The molecular formula is C15H13N5O. The lowest BCUT2D eigenvalue weighted by Crippen LogP contribution is -2.21. The van der Waals surface area contributed by atoms with Gasteiger partial charge in [0.1, 0.15) is 5.69 Å². The molecule has 6 nitrogen and oxygen atoms in total. The maximum absolute atomic E-state index is 12.3. The third-order valence-corrected chi connectivity index (χ3v) is 2.98. The van der Waals surface area contributed by atoms with Gasteiger partial charge in [-0.1, -0.05) is 18.2 Å². The smallest absolute Gasteiger partial charge is 0.306 e. The van der Waals surface area contributed by atoms with Crippen molar-refractivity contribution in [3.05, 3.63) is 60.7 Å². The number of nitrogens with zero attached hydrogens (tertiary/aromatic N) is 4. The number of hydrogen-bond acceptors (Lipinski definition) is 4. The summed E-state index contributed by atoms with van der Waals surface area (Å²) in [4.78, 5) is 20.8. The highest BCUT2D eigenvalue weighted by Gasteiger charge is 2.15. The summed E-state index contributed by atoms with van der Waals surface area (Å²) in [5.41, 5.74) is 2.69. The number of carbonyl (C=O) groups is 1. The highest BCUT2D eigenvalue weighted by molar-refractivity contribution is 5.92. The van der Waals surface area contributed by atoms with E-state index in [1.807, 2.05) is 37.3 Å². The number of amides is 1. The van der Waals surface area contributed by atoms with E-state index in [0.717, 1.165) is 5.69 Å². The standard InChI is InChI=1S/C15H13N5O/c1-11-14(17-10-9-16-11)13-7-8-18-20(13)15(21)19-12-5-3-2-4-6-12/h2-10H,1H3,(H,19,21). The summed E-state index contributed by atoms with van der Waals surface area (Å²) in [5.74, 6) is 0. The van der Waals surface area contributed by atoms with Gasteiger partial charge < -0.3 is 5.32 Å². The minimum Gasteiger partial charge on any atom is -0.306 e. The number of para-hydroxylation sites is 1. The molecule has 1 aromatic carbocycles. The molecular weight excluding hydrogens is 266 g/mol. The number of anilines is 1. The van der Waals surface area contributed by atoms with Gasteiger partial charge in [-0.05, 0) is 25.1 Å². The summed E-state index contributed by atoms with van der Waals surface area (Å²) in [6, 6.07) is 10.6. The Bertz CT molecular complexity index is 766. The van der Waals surface area contributed by atoms with Crippen molar-refractivity contribution < 1.29 is 4.79 Å². The highest BCUT2D eigenvalue weighted by Crippen LogP contribution is 2.19. The average Bonchev–Trinajstić information content (AvgIpc) is 2.98. The molecule has 0 bridgehead atoms. The second kappa shape index (κ2) is 5.54. The number of carbonyl (C=O) groups excluding carboxylic acids is 1. The zero-order valence-electron chi connectivity index (χ0n) is 11.4. The normalized spacial score (nSPS) is 10.3. The largest absolute Gasteiger partial charge is 0.347 e. The van der Waals surface area contributed by atoms with Crippen molar-refractivity contribution in [3.8, 4) is 11.4 Å². The predicted octanol–water partition coefficient (Wildman–Crippen LogP) is 2.73. The Kier molecular flexibility index (Phi) is 3.42. The van der Waals surface area contributed by atoms with E-state index in [0.29, 0.717) is 17.1 Å². The summed E-state index contributed by atoms with van der Waals surface area (Å²) < 4.78 is 1.28. The number of nitrogens with one attached hydrogen (secondary N) is 1. The molecule has 0 atom stereocenters. The lowest BCUT2D eigenvalue weighted by molar-refractivity contribution is 0.251. The first-order valence-corrected chi connectivity index (χ1v) is 6.44. The van der Waals surface area contributed by atoms with Gasteiger partial charge in [0.25, 0.3) is 0 Å². The second-order valence-electron chi connectivity index (χ2n) is 4.41. The Balaban J connectivity index is 1.93. The van der Waals surface area contributed by atoms with Crippen LogP contribution in [0.15, 0.2) is 55.0 Å². The van der Waals surface area contributed by atoms with Crippen LogP contribution in [0.25, 0.3) is 11.4 Å². The van der Waals surface area contributed by atoms with Gasteiger partial charge in [0.15, 0.2) is 0 Å². The van der Waals surface area contributed by atoms with Crippen molar-refractivity contribution in [2.45, 2.75) is 6.92 Å². The second-order valence-corrected chi connectivity index (χ2v) is 4.41. The number of benzene rings is 1. The molecule has 21 heavy (non-hydrogen) atoms. The number of aryl methyl sites for hydroxylation is 1. The van der Waals surface area contributed by atoms with Crippen LogP contribution in [0.2, 0.25) is 0 Å². The van der Waals surface area contributed by atoms with E-state index >= 15 is 0 Å². The van der Waals surface area contributed by atoms with Gasteiger partial charge in [-0.15, -0.1) is 0 Å². The van der Waals surface area contributed by atoms with Gasteiger partial charge in [-0.3, -0.25) is 9.97 Å². The molecule has 2 aromatic heterocycles. The molecule has 0 fully saturated rings. The minimum atomic E-state index is -0.341. The molecule has 3 aromatic rings. The number of hydrogen-bond donors (Lipinski definition) is 1. The molecule has 0 spiro atoms. The summed E-state index contributed by atoms with van der Waals surface area (Å²) >= 11 is 0. The Morgan fingerprint density at radius 1 is 1.05 bits per heavy atom. The molecule has 0 saturated heterocycles. The van der Waals surface area contributed by atoms with E-state index in [1.54, 1.807) is 24.7 Å². The zero-order chi connectivity index (χ0) is 14.7. The summed E-state index contributed by atoms with van der Waals surface area (Å²) in [7, 11) is 0. The quantitative estimate of drug-likeness (QED) is 0.782. The molecule has 1 amide bonds. The fourth-order valence-corrected chi connectivity index (χ4v) is 2.00. The van der Waals surface area contributed by atoms with E-state index in [1.165, 1.54) is 4.68 Å². The third kappa shape index (κ3) is 2.64. The van der Waals surface area contributed by atoms with E-state index in [9.17, 15) is 4.79 Å². The first-order chi connectivity index (χ1) is 10.3. The maximum atomic E-state index is 12.3. The Morgan fingerprint density at radius 2 is 1.81 bits per heavy atom. The average molecular weight is 279 g/mol. The van der Waals surface area contributed by atoms with E-state index in [-0.39, 0.29) is 6.03 Å². The molecule has 0 radical (unpaired) electrons. The van der Waals surface area contributed by atoms with Crippen molar-refractivity contribution in [1.82, 2.24) is 19.7 Å². The first-order valence-electron chi connectivity index (χ1n) is 6.44. The van der Waals surface area contributed by atoms with Gasteiger partial charge in [0, 0.05) is 18.1 Å². The summed E-state index contributed by atoms with van der Waals surface area (Å²) in [6.07, 6.45) is 4.77. The van der Waals surface area contributed by atoms with Gasteiger partial charge in [0.2, 0.25) is 0 Å². The molecule has 0 saturated carbocycles. The van der Waals surface area contributed by atoms with Gasteiger partial charge >= 0.3 is 6.03 Å². The van der Waals surface area contributed by atoms with Gasteiger partial charge in [0.05, 0.1) is 17.6 Å². The predicted molar refractivity (Wildman–Crippen MR) is 78.8 cm³/mol. The molecule has 6 heteroatoms. The third-order valence-electron chi connectivity index (χ3n) is 2.98. The number of rotatable bonds is 2. The zero-order valence-corrected chi connectivity index (χ0v) is 11.4. The lowest BCUT2D eigenvalue weighted by atomic mass is 10.2. The van der Waals surface area contributed by atoms with Crippen molar-refractivity contribution >= 4 is 11.7 Å². The summed E-state index contributed by atoms with van der Waals surface area (Å²) in [5, 5.41) is 6.85. The molecule has 0 unspecified atom stereocenters. The van der Waals surface area contributed by atoms with Gasteiger partial charge in [-0.25, -0.2) is 4.79 Å². The van der Waals surface area contributed by atoms with Crippen LogP contribution in [-0.4, -0.2) is 25.8 Å². The first kappa shape index (κ1) is 13.0. The Labute approximate surface area is 121 Å². The molecule has 1 N–H and O–H groups in total. The Morgan fingerprint density at radius 3 is 2.57 bits per heavy atom. The van der Waals surface area contributed by atoms with Crippen molar-refractivity contribution in [3.63, 3.8) is 0 Å². The van der Waals surface area contributed by atoms with Crippen LogP contribution in [0.3, 0.4) is 0 Å².